The molecule has 2 amide bonds. The molecule has 0 spiro atoms. The minimum absolute atomic E-state index is 0.0576. The second-order valence-electron chi connectivity index (χ2n) is 11.1. The number of carbonyl (C=O) groups is 2. The average molecular weight is 592 g/mol. The number of hydrogen-bond donors (Lipinski definition) is 3. The highest BCUT2D eigenvalue weighted by Crippen LogP contribution is 2.39. The summed E-state index contributed by atoms with van der Waals surface area (Å²) >= 11 is 0. The van der Waals surface area contributed by atoms with Crippen molar-refractivity contribution in [3.8, 4) is 0 Å². The molecule has 42 heavy (non-hydrogen) atoms. The first kappa shape index (κ1) is 30.4. The van der Waals surface area contributed by atoms with Gasteiger partial charge in [0.15, 0.2) is 6.29 Å². The average Bonchev–Trinajstić information content (AvgIpc) is 3.66. The number of alkyl halides is 3. The number of rotatable bonds is 8. The monoisotopic (exact) mass is 591 g/mol. The van der Waals surface area contributed by atoms with E-state index in [0.29, 0.717) is 35.5 Å². The van der Waals surface area contributed by atoms with Gasteiger partial charge in [-0.2, -0.15) is 13.2 Å². The van der Waals surface area contributed by atoms with E-state index in [9.17, 15) is 33.0 Å². The van der Waals surface area contributed by atoms with Crippen molar-refractivity contribution < 1.29 is 42.4 Å². The van der Waals surface area contributed by atoms with E-state index in [-0.39, 0.29) is 44.4 Å². The molecule has 2 aromatic rings. The molecule has 3 heterocycles. The normalized spacial score (nSPS) is 26.9. The van der Waals surface area contributed by atoms with Crippen molar-refractivity contribution in [3.63, 3.8) is 0 Å². The summed E-state index contributed by atoms with van der Waals surface area (Å²) in [6.45, 7) is 1.44. The van der Waals surface area contributed by atoms with Crippen LogP contribution in [0.1, 0.15) is 61.2 Å². The van der Waals surface area contributed by atoms with E-state index in [0.717, 1.165) is 30.5 Å². The molecule has 3 saturated heterocycles. The van der Waals surface area contributed by atoms with Crippen LogP contribution in [0.4, 0.5) is 18.9 Å². The van der Waals surface area contributed by atoms with Crippen LogP contribution in [0.2, 0.25) is 0 Å². The molecule has 0 aromatic heterocycles. The number of nitrogens with zero attached hydrogens (tertiary/aromatic N) is 2. The van der Waals surface area contributed by atoms with E-state index in [1.54, 1.807) is 24.3 Å². The predicted octanol–water partition coefficient (Wildman–Crippen LogP) is 3.67. The summed E-state index contributed by atoms with van der Waals surface area (Å²) in [5, 5.41) is 21.8. The largest absolute Gasteiger partial charge is 0.471 e. The van der Waals surface area contributed by atoms with Crippen molar-refractivity contribution in [1.29, 1.82) is 0 Å². The lowest BCUT2D eigenvalue weighted by atomic mass is 9.99. The Morgan fingerprint density at radius 1 is 0.929 bits per heavy atom. The number of likely N-dealkylation sites (tertiary alicyclic amines) is 2. The van der Waals surface area contributed by atoms with Crippen LogP contribution in [0.5, 0.6) is 0 Å². The zero-order chi connectivity index (χ0) is 29.9. The third-order valence-electron chi connectivity index (χ3n) is 8.27. The zero-order valence-corrected chi connectivity index (χ0v) is 23.1. The molecule has 3 N–H and O–H groups in total. The van der Waals surface area contributed by atoms with Gasteiger partial charge in [-0.05, 0) is 55.5 Å². The van der Waals surface area contributed by atoms with Gasteiger partial charge in [-0.25, -0.2) is 0 Å². The summed E-state index contributed by atoms with van der Waals surface area (Å²) in [6.07, 6.45) is -3.19. The maximum Gasteiger partial charge on any atom is 0.471 e. The summed E-state index contributed by atoms with van der Waals surface area (Å²) in [7, 11) is 0. The Morgan fingerprint density at radius 3 is 2.29 bits per heavy atom. The number of hydrogen-bond acceptors (Lipinski definition) is 7. The highest BCUT2D eigenvalue weighted by atomic mass is 19.4. The van der Waals surface area contributed by atoms with Crippen LogP contribution in [-0.2, 0) is 25.7 Å². The molecule has 12 heteroatoms. The topological polar surface area (TPSA) is 112 Å². The first-order valence-electron chi connectivity index (χ1n) is 14.3. The lowest BCUT2D eigenvalue weighted by Gasteiger charge is -2.38. The predicted molar refractivity (Wildman–Crippen MR) is 146 cm³/mol. The molecule has 2 aromatic carbocycles. The standard InChI is InChI=1S/C30H36F3N3O6/c31-30(32,33)29(40)36-14-2-4-25(36)27(39)34-22-11-9-21(10-12-22)28-41-24(16-35-13-1-3-23(35)18-38)15-26(42-28)20-7-5-19(17-37)6-8-20/h5-12,23-26,28,37-38H,1-4,13-18H2,(H,34,39)/t23-,24-,25-,26+,28+/m0/s1. The summed E-state index contributed by atoms with van der Waals surface area (Å²) in [6, 6.07) is 13.2. The molecule has 5 rings (SSSR count). The molecule has 3 aliphatic rings. The molecule has 9 nitrogen and oxygen atoms in total. The molecule has 0 bridgehead atoms. The van der Waals surface area contributed by atoms with E-state index in [1.807, 2.05) is 24.3 Å². The Morgan fingerprint density at radius 2 is 1.62 bits per heavy atom. The lowest BCUT2D eigenvalue weighted by Crippen LogP contribution is -2.48. The van der Waals surface area contributed by atoms with Gasteiger partial charge < -0.3 is 29.9 Å². The summed E-state index contributed by atoms with van der Waals surface area (Å²) in [4.78, 5) is 27.4. The summed E-state index contributed by atoms with van der Waals surface area (Å²) in [5.74, 6) is -2.67. The van der Waals surface area contributed by atoms with Gasteiger partial charge >= 0.3 is 12.1 Å². The Kier molecular flexibility index (Phi) is 9.48. The van der Waals surface area contributed by atoms with Gasteiger partial charge in [0, 0.05) is 36.8 Å². The van der Waals surface area contributed by atoms with Crippen LogP contribution < -0.4 is 5.32 Å². The van der Waals surface area contributed by atoms with Gasteiger partial charge in [0.05, 0.1) is 25.4 Å². The highest BCUT2D eigenvalue weighted by Gasteiger charge is 2.47. The van der Waals surface area contributed by atoms with Crippen LogP contribution in [0.25, 0.3) is 0 Å². The third kappa shape index (κ3) is 6.95. The second kappa shape index (κ2) is 13.1. The highest BCUT2D eigenvalue weighted by molar-refractivity contribution is 5.98. The second-order valence-corrected chi connectivity index (χ2v) is 11.1. The van der Waals surface area contributed by atoms with Crippen molar-refractivity contribution in [2.24, 2.45) is 0 Å². The van der Waals surface area contributed by atoms with Gasteiger partial charge in [-0.1, -0.05) is 36.4 Å². The number of aliphatic hydroxyl groups is 2. The van der Waals surface area contributed by atoms with Gasteiger partial charge in [0.25, 0.3) is 0 Å². The van der Waals surface area contributed by atoms with Crippen molar-refractivity contribution in [2.75, 3.05) is 31.6 Å². The van der Waals surface area contributed by atoms with Crippen molar-refractivity contribution in [2.45, 2.75) is 75.5 Å². The number of halogens is 3. The number of anilines is 1. The molecule has 228 valence electrons. The third-order valence-corrected chi connectivity index (χ3v) is 8.27. The van der Waals surface area contributed by atoms with E-state index in [4.69, 9.17) is 9.47 Å². The number of carbonyl (C=O) groups excluding carboxylic acids is 2. The molecular weight excluding hydrogens is 555 g/mol. The number of nitrogens with one attached hydrogen (secondary N) is 1. The Bertz CT molecular complexity index is 1230. The lowest BCUT2D eigenvalue weighted by molar-refractivity contribution is -0.253. The Balaban J connectivity index is 1.28. The maximum absolute atomic E-state index is 13.0. The molecule has 0 saturated carbocycles. The van der Waals surface area contributed by atoms with Crippen LogP contribution in [0, 0.1) is 0 Å². The van der Waals surface area contributed by atoms with E-state index < -0.39 is 30.3 Å². The first-order valence-corrected chi connectivity index (χ1v) is 14.3. The number of ether oxygens (including phenoxy) is 2. The van der Waals surface area contributed by atoms with E-state index in [2.05, 4.69) is 10.2 Å². The Labute approximate surface area is 242 Å². The molecule has 5 atom stereocenters. The smallest absolute Gasteiger partial charge is 0.395 e. The quantitative estimate of drug-likeness (QED) is 0.430. The summed E-state index contributed by atoms with van der Waals surface area (Å²) < 4.78 is 51.6. The van der Waals surface area contributed by atoms with Gasteiger partial charge in [-0.3, -0.25) is 14.5 Å². The van der Waals surface area contributed by atoms with Gasteiger partial charge in [0.1, 0.15) is 6.04 Å². The minimum Gasteiger partial charge on any atom is -0.395 e. The van der Waals surface area contributed by atoms with Crippen LogP contribution in [0.15, 0.2) is 48.5 Å². The SMILES string of the molecule is O=C(Nc1ccc([C@@H]2O[C@H](CN3CCC[C@H]3CO)C[C@H](c3ccc(CO)cc3)O2)cc1)[C@@H]1CCCN1C(=O)C(F)(F)F. The molecule has 3 aliphatic heterocycles. The van der Waals surface area contributed by atoms with Crippen molar-refractivity contribution in [3.05, 3.63) is 65.2 Å². The number of benzene rings is 2. The van der Waals surface area contributed by atoms with Crippen LogP contribution in [0.3, 0.4) is 0 Å². The van der Waals surface area contributed by atoms with Crippen molar-refractivity contribution >= 4 is 17.5 Å². The van der Waals surface area contributed by atoms with Crippen LogP contribution in [-0.4, -0.2) is 82.4 Å². The minimum atomic E-state index is -5.03. The molecule has 0 radical (unpaired) electrons. The summed E-state index contributed by atoms with van der Waals surface area (Å²) in [5.41, 5.74) is 2.82. The molecule has 0 aliphatic carbocycles. The van der Waals surface area contributed by atoms with Gasteiger partial charge in [0.2, 0.25) is 5.91 Å². The molecule has 3 fully saturated rings. The maximum atomic E-state index is 13.0. The fraction of sp³-hybridized carbons (Fsp3) is 0.533. The first-order chi connectivity index (χ1) is 20.2. The fourth-order valence-electron chi connectivity index (χ4n) is 6.03. The molecular formula is C30H36F3N3O6. The Hall–Kier alpha value is -3.03. The molecule has 0 unspecified atom stereocenters. The van der Waals surface area contributed by atoms with E-state index in [1.165, 1.54) is 0 Å². The van der Waals surface area contributed by atoms with E-state index >= 15 is 0 Å². The van der Waals surface area contributed by atoms with Crippen molar-refractivity contribution in [1.82, 2.24) is 9.80 Å². The fourth-order valence-corrected chi connectivity index (χ4v) is 6.03. The number of amides is 2. The van der Waals surface area contributed by atoms with Crippen LogP contribution >= 0.6 is 0 Å². The zero-order valence-electron chi connectivity index (χ0n) is 23.1. The van der Waals surface area contributed by atoms with Gasteiger partial charge in [-0.15, -0.1) is 0 Å². The number of aliphatic hydroxyl groups excluding tert-OH is 2.